The van der Waals surface area contributed by atoms with Crippen LogP contribution in [0.25, 0.3) is 0 Å². The lowest BCUT2D eigenvalue weighted by molar-refractivity contribution is -0.123. The van der Waals surface area contributed by atoms with E-state index in [0.29, 0.717) is 11.5 Å². The minimum Gasteiger partial charge on any atom is -0.493 e. The van der Waals surface area contributed by atoms with Crippen molar-refractivity contribution < 1.29 is 14.3 Å². The summed E-state index contributed by atoms with van der Waals surface area (Å²) in [6, 6.07) is 7.58. The number of hydrogen-bond acceptors (Lipinski definition) is 6. The van der Waals surface area contributed by atoms with Gasteiger partial charge >= 0.3 is 0 Å². The molecule has 1 aromatic heterocycles. The fourth-order valence-corrected chi connectivity index (χ4v) is 2.99. The summed E-state index contributed by atoms with van der Waals surface area (Å²) >= 11 is 0. The van der Waals surface area contributed by atoms with E-state index in [4.69, 9.17) is 9.47 Å². The number of piperidine rings is 1. The summed E-state index contributed by atoms with van der Waals surface area (Å²) in [6.45, 7) is 3.59. The van der Waals surface area contributed by atoms with Crippen molar-refractivity contribution in [3.05, 3.63) is 42.2 Å². The highest BCUT2D eigenvalue weighted by molar-refractivity contribution is 5.78. The molecule has 3 rings (SSSR count). The molecule has 1 aromatic carbocycles. The van der Waals surface area contributed by atoms with Crippen LogP contribution in [0.2, 0.25) is 0 Å². The number of benzene rings is 1. The third-order valence-electron chi connectivity index (χ3n) is 4.37. The van der Waals surface area contributed by atoms with Gasteiger partial charge in [0.1, 0.15) is 0 Å². The summed E-state index contributed by atoms with van der Waals surface area (Å²) in [5.74, 6) is 1.83. The van der Waals surface area contributed by atoms with Gasteiger partial charge in [0.15, 0.2) is 18.1 Å². The average molecular weight is 356 g/mol. The zero-order valence-corrected chi connectivity index (χ0v) is 15.1. The first-order chi connectivity index (χ1) is 12.7. The standard InChI is InChI=1S/C19H24N4O3/c1-14-4-5-16(17(12-14)25-2)26-13-18(24)22-15-6-10-23(11-7-15)19-20-8-3-9-21-19/h3-5,8-9,12,15H,6-7,10-11,13H2,1-2H3,(H,22,24). The van der Waals surface area contributed by atoms with Crippen LogP contribution in [0.3, 0.4) is 0 Å². The van der Waals surface area contributed by atoms with Crippen molar-refractivity contribution >= 4 is 11.9 Å². The topological polar surface area (TPSA) is 76.6 Å². The van der Waals surface area contributed by atoms with Gasteiger partial charge < -0.3 is 19.7 Å². The molecule has 1 aliphatic heterocycles. The second-order valence-corrected chi connectivity index (χ2v) is 6.32. The Balaban J connectivity index is 1.45. The summed E-state index contributed by atoms with van der Waals surface area (Å²) in [4.78, 5) is 22.9. The largest absolute Gasteiger partial charge is 0.493 e. The van der Waals surface area contributed by atoms with Gasteiger partial charge in [-0.25, -0.2) is 9.97 Å². The van der Waals surface area contributed by atoms with Crippen LogP contribution in [0, 0.1) is 6.92 Å². The Morgan fingerprint density at radius 2 is 1.96 bits per heavy atom. The highest BCUT2D eigenvalue weighted by atomic mass is 16.5. The number of ether oxygens (including phenoxy) is 2. The molecule has 0 aliphatic carbocycles. The van der Waals surface area contributed by atoms with Gasteiger partial charge in [-0.05, 0) is 43.5 Å². The number of rotatable bonds is 6. The summed E-state index contributed by atoms with van der Waals surface area (Å²) in [5, 5.41) is 3.04. The second kappa shape index (κ2) is 8.51. The SMILES string of the molecule is COc1cc(C)ccc1OCC(=O)NC1CCN(c2ncccn2)CC1. The van der Waals surface area contributed by atoms with Crippen molar-refractivity contribution in [1.82, 2.24) is 15.3 Å². The van der Waals surface area contributed by atoms with Gasteiger partial charge in [-0.15, -0.1) is 0 Å². The van der Waals surface area contributed by atoms with Crippen LogP contribution >= 0.6 is 0 Å². The Morgan fingerprint density at radius 3 is 2.65 bits per heavy atom. The van der Waals surface area contributed by atoms with E-state index in [9.17, 15) is 4.79 Å². The van der Waals surface area contributed by atoms with Crippen molar-refractivity contribution in [2.45, 2.75) is 25.8 Å². The van der Waals surface area contributed by atoms with Crippen molar-refractivity contribution in [2.24, 2.45) is 0 Å². The molecule has 7 nitrogen and oxygen atoms in total. The van der Waals surface area contributed by atoms with Crippen LogP contribution in [0.1, 0.15) is 18.4 Å². The third kappa shape index (κ3) is 4.62. The molecule has 0 atom stereocenters. The van der Waals surface area contributed by atoms with E-state index in [-0.39, 0.29) is 18.6 Å². The van der Waals surface area contributed by atoms with Gasteiger partial charge in [-0.2, -0.15) is 0 Å². The van der Waals surface area contributed by atoms with Crippen molar-refractivity contribution in [3.63, 3.8) is 0 Å². The first-order valence-corrected chi connectivity index (χ1v) is 8.74. The maximum Gasteiger partial charge on any atom is 0.258 e. The second-order valence-electron chi connectivity index (χ2n) is 6.32. The molecule has 7 heteroatoms. The van der Waals surface area contributed by atoms with Crippen LogP contribution in [-0.4, -0.2) is 48.7 Å². The van der Waals surface area contributed by atoms with Crippen LogP contribution in [0.15, 0.2) is 36.7 Å². The quantitative estimate of drug-likeness (QED) is 0.853. The Hall–Kier alpha value is -2.83. The lowest BCUT2D eigenvalue weighted by atomic mass is 10.1. The van der Waals surface area contributed by atoms with Gasteiger partial charge in [-0.1, -0.05) is 6.07 Å². The molecule has 0 radical (unpaired) electrons. The average Bonchev–Trinajstić information content (AvgIpc) is 2.68. The molecule has 0 bridgehead atoms. The van der Waals surface area contributed by atoms with Crippen LogP contribution < -0.4 is 19.7 Å². The number of carbonyl (C=O) groups excluding carboxylic acids is 1. The van der Waals surface area contributed by atoms with Crippen molar-refractivity contribution in [3.8, 4) is 11.5 Å². The number of nitrogens with one attached hydrogen (secondary N) is 1. The molecule has 1 saturated heterocycles. The number of hydrogen-bond donors (Lipinski definition) is 1. The number of aromatic nitrogens is 2. The minimum atomic E-state index is -0.123. The van der Waals surface area contributed by atoms with Crippen LogP contribution in [-0.2, 0) is 4.79 Å². The summed E-state index contributed by atoms with van der Waals surface area (Å²) < 4.78 is 10.9. The molecule has 0 spiro atoms. The van der Waals surface area contributed by atoms with Crippen molar-refractivity contribution in [1.29, 1.82) is 0 Å². The fourth-order valence-electron chi connectivity index (χ4n) is 2.99. The normalized spacial score (nSPS) is 14.8. The maximum absolute atomic E-state index is 12.2. The third-order valence-corrected chi connectivity index (χ3v) is 4.37. The predicted octanol–water partition coefficient (Wildman–Crippen LogP) is 1.96. The molecule has 1 fully saturated rings. The van der Waals surface area contributed by atoms with Gasteiger partial charge in [0.25, 0.3) is 5.91 Å². The molecule has 138 valence electrons. The van der Waals surface area contributed by atoms with Crippen LogP contribution in [0.5, 0.6) is 11.5 Å². The summed E-state index contributed by atoms with van der Waals surface area (Å²) in [7, 11) is 1.59. The number of nitrogens with zero attached hydrogens (tertiary/aromatic N) is 3. The Labute approximate surface area is 153 Å². The lowest BCUT2D eigenvalue weighted by Crippen LogP contribution is -2.46. The van der Waals surface area contributed by atoms with E-state index in [2.05, 4.69) is 20.2 Å². The van der Waals surface area contributed by atoms with E-state index < -0.39 is 0 Å². The Kier molecular flexibility index (Phi) is 5.88. The van der Waals surface area contributed by atoms with Gasteiger partial charge in [0.05, 0.1) is 7.11 Å². The molecule has 0 saturated carbocycles. The van der Waals surface area contributed by atoms with E-state index in [0.717, 1.165) is 37.4 Å². The first-order valence-electron chi connectivity index (χ1n) is 8.74. The zero-order valence-electron chi connectivity index (χ0n) is 15.1. The molecule has 2 heterocycles. The fraction of sp³-hybridized carbons (Fsp3) is 0.421. The monoisotopic (exact) mass is 356 g/mol. The maximum atomic E-state index is 12.2. The van der Waals surface area contributed by atoms with E-state index in [1.54, 1.807) is 25.6 Å². The number of methoxy groups -OCH3 is 1. The molecule has 26 heavy (non-hydrogen) atoms. The molecule has 1 N–H and O–H groups in total. The van der Waals surface area contributed by atoms with Gasteiger partial charge in [-0.3, -0.25) is 4.79 Å². The number of carbonyl (C=O) groups is 1. The Morgan fingerprint density at radius 1 is 1.23 bits per heavy atom. The van der Waals surface area contributed by atoms with Crippen molar-refractivity contribution in [2.75, 3.05) is 31.7 Å². The zero-order chi connectivity index (χ0) is 18.4. The smallest absolute Gasteiger partial charge is 0.258 e. The number of aryl methyl sites for hydroxylation is 1. The van der Waals surface area contributed by atoms with E-state index >= 15 is 0 Å². The van der Waals surface area contributed by atoms with Gasteiger partial charge in [0, 0.05) is 31.5 Å². The molecule has 1 aliphatic rings. The summed E-state index contributed by atoms with van der Waals surface area (Å²) in [6.07, 6.45) is 5.20. The minimum absolute atomic E-state index is 0.0264. The molecular weight excluding hydrogens is 332 g/mol. The Bertz CT molecular complexity index is 731. The highest BCUT2D eigenvalue weighted by Gasteiger charge is 2.22. The van der Waals surface area contributed by atoms with E-state index in [1.807, 2.05) is 25.1 Å². The molecular formula is C19H24N4O3. The van der Waals surface area contributed by atoms with Gasteiger partial charge in [0.2, 0.25) is 5.95 Å². The number of anilines is 1. The number of amides is 1. The lowest BCUT2D eigenvalue weighted by Gasteiger charge is -2.32. The predicted molar refractivity (Wildman–Crippen MR) is 98.6 cm³/mol. The highest BCUT2D eigenvalue weighted by Crippen LogP contribution is 2.27. The molecule has 1 amide bonds. The van der Waals surface area contributed by atoms with E-state index in [1.165, 1.54) is 0 Å². The summed E-state index contributed by atoms with van der Waals surface area (Å²) in [5.41, 5.74) is 1.08. The molecule has 2 aromatic rings. The van der Waals surface area contributed by atoms with Crippen LogP contribution in [0.4, 0.5) is 5.95 Å². The first kappa shape index (κ1) is 18.0. The molecule has 0 unspecified atom stereocenters.